The number of hydrogen-bond acceptors (Lipinski definition) is 11. The van der Waals surface area contributed by atoms with Gasteiger partial charge in [-0.25, -0.2) is 4.79 Å². The summed E-state index contributed by atoms with van der Waals surface area (Å²) in [4.78, 5) is 24.5. The lowest BCUT2D eigenvalue weighted by atomic mass is 9.89. The van der Waals surface area contributed by atoms with Crippen molar-refractivity contribution >= 4 is 11.9 Å². The number of carbonyl (C=O) groups is 2. The van der Waals surface area contributed by atoms with Gasteiger partial charge in [-0.15, -0.1) is 0 Å². The third-order valence-corrected chi connectivity index (χ3v) is 6.49. The van der Waals surface area contributed by atoms with Crippen LogP contribution in [-0.2, 0) is 32.0 Å². The molecule has 11 heteroatoms. The van der Waals surface area contributed by atoms with Gasteiger partial charge in [0.2, 0.25) is 0 Å². The number of phenolic OH excluding ortho intramolecular Hbond substituents is 1. The molecule has 198 valence electrons. The second-order valence-corrected chi connectivity index (χ2v) is 8.81. The predicted molar refractivity (Wildman–Crippen MR) is 124 cm³/mol. The van der Waals surface area contributed by atoms with Crippen molar-refractivity contribution in [3.05, 3.63) is 45.6 Å². The Bertz CT molecular complexity index is 1070. The summed E-state index contributed by atoms with van der Waals surface area (Å²) in [5, 5.41) is 50.7. The van der Waals surface area contributed by atoms with Crippen LogP contribution in [0.4, 0.5) is 0 Å². The summed E-state index contributed by atoms with van der Waals surface area (Å²) in [6.45, 7) is 3.64. The number of aliphatic hydroxyl groups is 4. The molecule has 0 radical (unpaired) electrons. The molecule has 5 atom stereocenters. The van der Waals surface area contributed by atoms with Crippen molar-refractivity contribution in [2.75, 3.05) is 14.2 Å². The van der Waals surface area contributed by atoms with Crippen LogP contribution in [0.5, 0.6) is 11.5 Å². The number of carbonyl (C=O) groups excluding carboxylic acids is 2. The first kappa shape index (κ1) is 27.6. The Kier molecular flexibility index (Phi) is 8.75. The minimum atomic E-state index is -1.66. The lowest BCUT2D eigenvalue weighted by Gasteiger charge is -2.35. The lowest BCUT2D eigenvalue weighted by Crippen LogP contribution is -2.52. The van der Waals surface area contributed by atoms with Crippen molar-refractivity contribution in [3.8, 4) is 11.5 Å². The second kappa shape index (κ2) is 11.4. The number of phenols is 1. The Morgan fingerprint density at radius 1 is 1.22 bits per heavy atom. The smallest absolute Gasteiger partial charge is 0.342 e. The molecule has 1 heterocycles. The molecule has 11 nitrogen and oxygen atoms in total. The van der Waals surface area contributed by atoms with Gasteiger partial charge in [0, 0.05) is 30.2 Å². The standard InChI is InChI=1S/C25H32O11/c1-11(5-7-13-19(28)18-15(10-35-25(18)32)12(2)22(13)33-3)6-8-17(27)36-23-14(24(31)34-4)9-16(26)20(29)21(23)30/h5,9,16,20-21,23-24,26,28-31H,6-8,10H2,1-4H3/b11-5+/t16-,20-,21-,23-,24?/m1/s1. The highest BCUT2D eigenvalue weighted by Gasteiger charge is 2.42. The molecule has 1 aliphatic heterocycles. The minimum Gasteiger partial charge on any atom is -0.507 e. The number of aliphatic hydroxyl groups excluding tert-OH is 4. The van der Waals surface area contributed by atoms with E-state index >= 15 is 0 Å². The Labute approximate surface area is 208 Å². The molecule has 2 aliphatic rings. The van der Waals surface area contributed by atoms with Gasteiger partial charge in [-0.05, 0) is 38.3 Å². The van der Waals surface area contributed by atoms with E-state index in [1.165, 1.54) is 14.2 Å². The van der Waals surface area contributed by atoms with Crippen LogP contribution in [0.3, 0.4) is 0 Å². The molecule has 0 bridgehead atoms. The molecule has 0 fully saturated rings. The molecule has 1 aliphatic carbocycles. The first-order valence-corrected chi connectivity index (χ1v) is 11.4. The molecule has 0 saturated heterocycles. The Morgan fingerprint density at radius 2 is 1.92 bits per heavy atom. The summed E-state index contributed by atoms with van der Waals surface area (Å²) in [6.07, 6.45) is -4.37. The topological polar surface area (TPSA) is 172 Å². The maximum absolute atomic E-state index is 12.5. The molecule has 1 aromatic rings. The Hall–Kier alpha value is -2.96. The number of aromatic hydroxyl groups is 1. The summed E-state index contributed by atoms with van der Waals surface area (Å²) >= 11 is 0. The average molecular weight is 509 g/mol. The molecule has 3 rings (SSSR count). The van der Waals surface area contributed by atoms with Gasteiger partial charge in [0.05, 0.1) is 7.11 Å². The first-order valence-electron chi connectivity index (χ1n) is 11.4. The molecular weight excluding hydrogens is 476 g/mol. The van der Waals surface area contributed by atoms with E-state index in [4.69, 9.17) is 18.9 Å². The number of allylic oxidation sites excluding steroid dienone is 2. The summed E-state index contributed by atoms with van der Waals surface area (Å²) in [5.74, 6) is -1.04. The Balaban J connectivity index is 1.68. The van der Waals surface area contributed by atoms with Crippen LogP contribution in [0.2, 0.25) is 0 Å². The fraction of sp³-hybridized carbons (Fsp3) is 0.520. The largest absolute Gasteiger partial charge is 0.507 e. The maximum Gasteiger partial charge on any atom is 0.342 e. The second-order valence-electron chi connectivity index (χ2n) is 8.81. The highest BCUT2D eigenvalue weighted by molar-refractivity contribution is 5.98. The van der Waals surface area contributed by atoms with E-state index in [0.717, 1.165) is 11.6 Å². The quantitative estimate of drug-likeness (QED) is 0.179. The van der Waals surface area contributed by atoms with Gasteiger partial charge < -0.3 is 44.5 Å². The zero-order chi connectivity index (χ0) is 26.7. The summed E-state index contributed by atoms with van der Waals surface area (Å²) in [6, 6.07) is 0. The van der Waals surface area contributed by atoms with Gasteiger partial charge in [0.1, 0.15) is 42.0 Å². The minimum absolute atomic E-state index is 0.0727. The number of hydrogen-bond donors (Lipinski definition) is 5. The number of cyclic esters (lactones) is 1. The van der Waals surface area contributed by atoms with E-state index in [1.807, 2.05) is 0 Å². The van der Waals surface area contributed by atoms with Gasteiger partial charge in [-0.1, -0.05) is 11.6 Å². The van der Waals surface area contributed by atoms with Gasteiger partial charge in [0.25, 0.3) is 0 Å². The normalized spacial score (nSPS) is 24.6. The molecular formula is C25H32O11. The van der Waals surface area contributed by atoms with Crippen LogP contribution in [0.1, 0.15) is 46.8 Å². The molecule has 5 N–H and O–H groups in total. The number of ether oxygens (including phenoxy) is 4. The fourth-order valence-corrected chi connectivity index (χ4v) is 4.37. The fourth-order valence-electron chi connectivity index (χ4n) is 4.37. The number of methoxy groups -OCH3 is 2. The molecule has 0 amide bonds. The van der Waals surface area contributed by atoms with Crippen LogP contribution in [0.15, 0.2) is 23.3 Å². The summed E-state index contributed by atoms with van der Waals surface area (Å²) < 4.78 is 20.6. The monoisotopic (exact) mass is 508 g/mol. The molecule has 36 heavy (non-hydrogen) atoms. The number of fused-ring (bicyclic) bond motifs is 1. The van der Waals surface area contributed by atoms with E-state index in [1.54, 1.807) is 19.9 Å². The van der Waals surface area contributed by atoms with Gasteiger partial charge >= 0.3 is 11.9 Å². The van der Waals surface area contributed by atoms with Crippen LogP contribution in [0.25, 0.3) is 0 Å². The third-order valence-electron chi connectivity index (χ3n) is 6.49. The van der Waals surface area contributed by atoms with Crippen molar-refractivity contribution in [1.82, 2.24) is 0 Å². The van der Waals surface area contributed by atoms with Crippen LogP contribution < -0.4 is 4.74 Å². The summed E-state index contributed by atoms with van der Waals surface area (Å²) in [5.41, 5.74) is 2.57. The zero-order valence-corrected chi connectivity index (χ0v) is 20.6. The van der Waals surface area contributed by atoms with E-state index in [-0.39, 0.29) is 42.8 Å². The predicted octanol–water partition coefficient (Wildman–Crippen LogP) is 0.548. The molecule has 0 spiro atoms. The van der Waals surface area contributed by atoms with Crippen LogP contribution in [-0.4, -0.2) is 82.4 Å². The van der Waals surface area contributed by atoms with Crippen LogP contribution in [0, 0.1) is 6.92 Å². The molecule has 0 aromatic heterocycles. The van der Waals surface area contributed by atoms with Crippen LogP contribution >= 0.6 is 0 Å². The van der Waals surface area contributed by atoms with Crippen molar-refractivity contribution in [2.45, 2.75) is 70.4 Å². The average Bonchev–Trinajstić information content (AvgIpc) is 3.25. The number of esters is 2. The van der Waals surface area contributed by atoms with Gasteiger partial charge in [-0.2, -0.15) is 0 Å². The lowest BCUT2D eigenvalue weighted by molar-refractivity contribution is -0.167. The SMILES string of the molecule is COc1c(C)c2c(c(O)c1C/C=C(\C)CCC(=O)O[C@@H]1C(C(O)OC)=C[C@@H](O)[C@@H](O)[C@H]1O)C(=O)OC2. The highest BCUT2D eigenvalue weighted by Crippen LogP contribution is 2.42. The van der Waals surface area contributed by atoms with E-state index in [0.29, 0.717) is 22.4 Å². The first-order chi connectivity index (χ1) is 17.0. The maximum atomic E-state index is 12.5. The summed E-state index contributed by atoms with van der Waals surface area (Å²) in [7, 11) is 2.67. The van der Waals surface area contributed by atoms with E-state index < -0.39 is 42.6 Å². The van der Waals surface area contributed by atoms with Gasteiger partial charge in [-0.3, -0.25) is 4.79 Å². The molecule has 1 unspecified atom stereocenters. The highest BCUT2D eigenvalue weighted by atomic mass is 16.6. The zero-order valence-electron chi connectivity index (χ0n) is 20.6. The molecule has 0 saturated carbocycles. The van der Waals surface area contributed by atoms with E-state index in [9.17, 15) is 35.1 Å². The number of benzene rings is 1. The number of rotatable bonds is 9. The van der Waals surface area contributed by atoms with E-state index in [2.05, 4.69) is 0 Å². The van der Waals surface area contributed by atoms with Crippen molar-refractivity contribution in [1.29, 1.82) is 0 Å². The van der Waals surface area contributed by atoms with Crippen molar-refractivity contribution in [2.24, 2.45) is 0 Å². The van der Waals surface area contributed by atoms with Crippen molar-refractivity contribution < 1.29 is 54.1 Å². The van der Waals surface area contributed by atoms with Crippen molar-refractivity contribution in [3.63, 3.8) is 0 Å². The Morgan fingerprint density at radius 3 is 2.56 bits per heavy atom. The van der Waals surface area contributed by atoms with Gasteiger partial charge in [0.15, 0.2) is 12.4 Å². The molecule has 1 aromatic carbocycles. The third kappa shape index (κ3) is 5.40.